The first-order valence-electron chi connectivity index (χ1n) is 3.43. The normalized spacial score (nSPS) is 9.83. The van der Waals surface area contributed by atoms with E-state index in [0.29, 0.717) is 11.3 Å². The maximum absolute atomic E-state index is 11.2. The Morgan fingerprint density at radius 3 is 2.75 bits per heavy atom. The zero-order valence-corrected chi connectivity index (χ0v) is 7.97. The molecule has 1 aromatic rings. The summed E-state index contributed by atoms with van der Waals surface area (Å²) in [4.78, 5) is 11.2. The van der Waals surface area contributed by atoms with Gasteiger partial charge in [0.2, 0.25) is 0 Å². The van der Waals surface area contributed by atoms with Crippen LogP contribution in [0, 0.1) is 0 Å². The van der Waals surface area contributed by atoms with E-state index < -0.39 is 0 Å². The topological polar surface area (TPSA) is 69.1 Å². The molecule has 12 heavy (non-hydrogen) atoms. The molecular formula is C8H9BrN2O. The summed E-state index contributed by atoms with van der Waals surface area (Å²) in [5.74, 6) is -0.145. The minimum Gasteiger partial charge on any atom is -0.398 e. The van der Waals surface area contributed by atoms with E-state index in [9.17, 15) is 4.79 Å². The van der Waals surface area contributed by atoms with Gasteiger partial charge in [0, 0.05) is 15.7 Å². The first kappa shape index (κ1) is 9.22. The van der Waals surface area contributed by atoms with E-state index in [-0.39, 0.29) is 12.3 Å². The quantitative estimate of drug-likeness (QED) is 0.590. The van der Waals surface area contributed by atoms with Crippen LogP contribution in [0.2, 0.25) is 0 Å². The molecule has 0 aliphatic carbocycles. The van der Waals surface area contributed by atoms with Gasteiger partial charge in [0.1, 0.15) is 0 Å². The van der Waals surface area contributed by atoms with Crippen molar-refractivity contribution in [2.24, 2.45) is 5.73 Å². The SMILES string of the molecule is NCC(=O)c1cc(Br)ccc1N. The van der Waals surface area contributed by atoms with Crippen molar-refractivity contribution in [3.63, 3.8) is 0 Å². The molecule has 0 aliphatic heterocycles. The summed E-state index contributed by atoms with van der Waals surface area (Å²) in [6.45, 7) is -0.0132. The molecule has 0 aromatic heterocycles. The molecule has 0 heterocycles. The van der Waals surface area contributed by atoms with Gasteiger partial charge in [-0.15, -0.1) is 0 Å². The van der Waals surface area contributed by atoms with Gasteiger partial charge in [0.05, 0.1) is 6.54 Å². The summed E-state index contributed by atoms with van der Waals surface area (Å²) in [6, 6.07) is 5.13. The van der Waals surface area contributed by atoms with Crippen molar-refractivity contribution in [1.29, 1.82) is 0 Å². The molecule has 4 N–H and O–H groups in total. The average Bonchev–Trinajstić information content (AvgIpc) is 2.08. The molecule has 0 amide bonds. The van der Waals surface area contributed by atoms with E-state index in [2.05, 4.69) is 15.9 Å². The highest BCUT2D eigenvalue weighted by Crippen LogP contribution is 2.18. The number of ketones is 1. The van der Waals surface area contributed by atoms with Crippen molar-refractivity contribution in [3.05, 3.63) is 28.2 Å². The fourth-order valence-corrected chi connectivity index (χ4v) is 1.24. The summed E-state index contributed by atoms with van der Waals surface area (Å²) in [6.07, 6.45) is 0. The van der Waals surface area contributed by atoms with Crippen LogP contribution < -0.4 is 11.5 Å². The lowest BCUT2D eigenvalue weighted by molar-refractivity contribution is 0.100. The third-order valence-corrected chi connectivity index (χ3v) is 1.99. The minimum atomic E-state index is -0.145. The highest BCUT2D eigenvalue weighted by Gasteiger charge is 2.07. The Balaban J connectivity index is 3.13. The van der Waals surface area contributed by atoms with Gasteiger partial charge in [-0.3, -0.25) is 4.79 Å². The van der Waals surface area contributed by atoms with E-state index in [0.717, 1.165) is 4.47 Å². The number of nitrogen functional groups attached to an aromatic ring is 1. The first-order valence-corrected chi connectivity index (χ1v) is 4.22. The summed E-state index contributed by atoms with van der Waals surface area (Å²) < 4.78 is 0.827. The Kier molecular flexibility index (Phi) is 2.83. The van der Waals surface area contributed by atoms with Crippen molar-refractivity contribution >= 4 is 27.4 Å². The third-order valence-electron chi connectivity index (χ3n) is 1.50. The molecule has 0 spiro atoms. The number of hydrogen-bond donors (Lipinski definition) is 2. The lowest BCUT2D eigenvalue weighted by Gasteiger charge is -2.02. The van der Waals surface area contributed by atoms with Crippen molar-refractivity contribution < 1.29 is 4.79 Å². The maximum Gasteiger partial charge on any atom is 0.178 e. The monoisotopic (exact) mass is 228 g/mol. The lowest BCUT2D eigenvalue weighted by atomic mass is 10.1. The molecule has 0 saturated heterocycles. The maximum atomic E-state index is 11.2. The zero-order chi connectivity index (χ0) is 9.14. The Labute approximate surface area is 78.9 Å². The van der Waals surface area contributed by atoms with Crippen LogP contribution in [0.15, 0.2) is 22.7 Å². The van der Waals surface area contributed by atoms with Crippen molar-refractivity contribution in [3.8, 4) is 0 Å². The van der Waals surface area contributed by atoms with Crippen LogP contribution in [0.3, 0.4) is 0 Å². The van der Waals surface area contributed by atoms with Gasteiger partial charge >= 0.3 is 0 Å². The Hall–Kier alpha value is -0.870. The molecular weight excluding hydrogens is 220 g/mol. The highest BCUT2D eigenvalue weighted by molar-refractivity contribution is 9.10. The average molecular weight is 229 g/mol. The van der Waals surface area contributed by atoms with Gasteiger partial charge in [-0.1, -0.05) is 15.9 Å². The van der Waals surface area contributed by atoms with Gasteiger partial charge in [0.15, 0.2) is 5.78 Å². The molecule has 1 rings (SSSR count). The van der Waals surface area contributed by atoms with Gasteiger partial charge < -0.3 is 11.5 Å². The van der Waals surface area contributed by atoms with Gasteiger partial charge in [-0.05, 0) is 18.2 Å². The fraction of sp³-hybridized carbons (Fsp3) is 0.125. The van der Waals surface area contributed by atoms with E-state index in [1.165, 1.54) is 0 Å². The Bertz CT molecular complexity index is 312. The van der Waals surface area contributed by atoms with Gasteiger partial charge in [0.25, 0.3) is 0 Å². The molecule has 0 radical (unpaired) electrons. The van der Waals surface area contributed by atoms with Gasteiger partial charge in [-0.25, -0.2) is 0 Å². The standard InChI is InChI=1S/C8H9BrN2O/c9-5-1-2-7(11)6(3-5)8(12)4-10/h1-3H,4,10-11H2. The molecule has 3 nitrogen and oxygen atoms in total. The predicted octanol–water partition coefficient (Wildman–Crippen LogP) is 1.17. The minimum absolute atomic E-state index is 0.0132. The van der Waals surface area contributed by atoms with E-state index >= 15 is 0 Å². The number of benzene rings is 1. The van der Waals surface area contributed by atoms with Crippen molar-refractivity contribution in [1.82, 2.24) is 0 Å². The summed E-state index contributed by atoms with van der Waals surface area (Å²) in [5, 5.41) is 0. The van der Waals surface area contributed by atoms with E-state index in [1.54, 1.807) is 18.2 Å². The number of anilines is 1. The van der Waals surface area contributed by atoms with E-state index in [1.807, 2.05) is 0 Å². The number of carbonyl (C=O) groups is 1. The van der Waals surface area contributed by atoms with Crippen LogP contribution in [0.5, 0.6) is 0 Å². The summed E-state index contributed by atoms with van der Waals surface area (Å²) in [5.41, 5.74) is 11.7. The largest absolute Gasteiger partial charge is 0.398 e. The first-order chi connectivity index (χ1) is 5.65. The molecule has 64 valence electrons. The zero-order valence-electron chi connectivity index (χ0n) is 6.38. The van der Waals surface area contributed by atoms with Crippen LogP contribution in [0.4, 0.5) is 5.69 Å². The molecule has 4 heteroatoms. The second-order valence-corrected chi connectivity index (χ2v) is 3.27. The number of Topliss-reactive ketones (excluding diaryl/α,β-unsaturated/α-hetero) is 1. The number of nitrogens with two attached hydrogens (primary N) is 2. The van der Waals surface area contributed by atoms with Crippen LogP contribution in [0.1, 0.15) is 10.4 Å². The summed E-state index contributed by atoms with van der Waals surface area (Å²) in [7, 11) is 0. The lowest BCUT2D eigenvalue weighted by Crippen LogP contribution is -2.15. The second-order valence-electron chi connectivity index (χ2n) is 2.36. The molecule has 0 saturated carbocycles. The van der Waals surface area contributed by atoms with Crippen LogP contribution in [0.25, 0.3) is 0 Å². The molecule has 0 atom stereocenters. The van der Waals surface area contributed by atoms with Crippen LogP contribution >= 0.6 is 15.9 Å². The smallest absolute Gasteiger partial charge is 0.178 e. The van der Waals surface area contributed by atoms with Gasteiger partial charge in [-0.2, -0.15) is 0 Å². The van der Waals surface area contributed by atoms with E-state index in [4.69, 9.17) is 11.5 Å². The second kappa shape index (κ2) is 3.69. The summed E-state index contributed by atoms with van der Waals surface area (Å²) >= 11 is 3.25. The Morgan fingerprint density at radius 2 is 2.17 bits per heavy atom. The van der Waals surface area contributed by atoms with Crippen LogP contribution in [-0.4, -0.2) is 12.3 Å². The Morgan fingerprint density at radius 1 is 1.50 bits per heavy atom. The van der Waals surface area contributed by atoms with Crippen LogP contribution in [-0.2, 0) is 0 Å². The molecule has 0 bridgehead atoms. The predicted molar refractivity (Wildman–Crippen MR) is 51.9 cm³/mol. The molecule has 1 aromatic carbocycles. The molecule has 0 unspecified atom stereocenters. The number of hydrogen-bond acceptors (Lipinski definition) is 3. The number of rotatable bonds is 2. The highest BCUT2D eigenvalue weighted by atomic mass is 79.9. The number of carbonyl (C=O) groups excluding carboxylic acids is 1. The van der Waals surface area contributed by atoms with Crippen molar-refractivity contribution in [2.45, 2.75) is 0 Å². The number of halogens is 1. The molecule has 0 fully saturated rings. The molecule has 0 aliphatic rings. The van der Waals surface area contributed by atoms with Crippen molar-refractivity contribution in [2.75, 3.05) is 12.3 Å². The third kappa shape index (κ3) is 1.84. The fourth-order valence-electron chi connectivity index (χ4n) is 0.880.